The molecule has 2 N–H and O–H groups in total. The third kappa shape index (κ3) is 4.78. The van der Waals surface area contributed by atoms with Crippen molar-refractivity contribution in [3.63, 3.8) is 0 Å². The lowest BCUT2D eigenvalue weighted by Crippen LogP contribution is -2.39. The van der Waals surface area contributed by atoms with Crippen LogP contribution in [0.3, 0.4) is 0 Å². The Hall–Kier alpha value is -3.04. The van der Waals surface area contributed by atoms with Gasteiger partial charge in [-0.2, -0.15) is 0 Å². The molecule has 3 aliphatic rings. The molecule has 3 aromatic rings. The Balaban J connectivity index is 1.32. The van der Waals surface area contributed by atoms with Crippen molar-refractivity contribution < 1.29 is 19.2 Å². The average Bonchev–Trinajstić information content (AvgIpc) is 3.29. The summed E-state index contributed by atoms with van der Waals surface area (Å²) in [4.78, 5) is 6.96. The maximum Gasteiger partial charge on any atom is 0.491 e. The van der Waals surface area contributed by atoms with E-state index in [1.807, 2.05) is 24.3 Å². The number of pyridine rings is 1. The maximum absolute atomic E-state index is 10.0. The van der Waals surface area contributed by atoms with Gasteiger partial charge in [-0.3, -0.25) is 0 Å². The molecule has 0 radical (unpaired) electrons. The number of allylic oxidation sites excluding steroid dienone is 1. The molecule has 3 aliphatic heterocycles. The van der Waals surface area contributed by atoms with E-state index in [1.54, 1.807) is 6.07 Å². The lowest BCUT2D eigenvalue weighted by atomic mass is 9.79. The number of aryl methyl sites for hydroxylation is 1. The standard InChI is InChI=1S/C29H31BClN3O4/c1-17-12-21-14-18(2)29(34-8-10-36-11-9-34)38-28(21)23(13-17)19(3)32-25-6-7-26(31)33-27(25)20-4-5-24-22(15-20)16-37-30(24)35/h4-7,12-13,15,19,32,35H,8-11,14,16H2,1-3H3. The first-order chi connectivity index (χ1) is 18.4. The third-order valence-corrected chi connectivity index (χ3v) is 7.65. The van der Waals surface area contributed by atoms with Gasteiger partial charge >= 0.3 is 7.12 Å². The second kappa shape index (κ2) is 10.3. The van der Waals surface area contributed by atoms with Crippen molar-refractivity contribution in [2.45, 2.75) is 39.8 Å². The topological polar surface area (TPSA) is 76.1 Å². The Labute approximate surface area is 228 Å². The first-order valence-corrected chi connectivity index (χ1v) is 13.4. The molecule has 0 spiro atoms. The van der Waals surface area contributed by atoms with Gasteiger partial charge < -0.3 is 29.4 Å². The molecule has 7 nitrogen and oxygen atoms in total. The Bertz CT molecular complexity index is 1420. The summed E-state index contributed by atoms with van der Waals surface area (Å²) in [5.74, 6) is 1.88. The lowest BCUT2D eigenvalue weighted by Gasteiger charge is -2.35. The number of nitrogens with one attached hydrogen (secondary N) is 1. The molecule has 0 bridgehead atoms. The van der Waals surface area contributed by atoms with E-state index in [4.69, 9.17) is 25.7 Å². The minimum Gasteiger partial charge on any atom is -0.441 e. The minimum atomic E-state index is -0.878. The van der Waals surface area contributed by atoms with Crippen molar-refractivity contribution in [3.8, 4) is 17.0 Å². The Morgan fingerprint density at radius 2 is 1.89 bits per heavy atom. The predicted molar refractivity (Wildman–Crippen MR) is 150 cm³/mol. The van der Waals surface area contributed by atoms with Crippen molar-refractivity contribution in [1.29, 1.82) is 0 Å². The molecule has 38 heavy (non-hydrogen) atoms. The van der Waals surface area contributed by atoms with Crippen molar-refractivity contribution in [1.82, 2.24) is 9.88 Å². The first-order valence-electron chi connectivity index (χ1n) is 13.1. The highest BCUT2D eigenvalue weighted by Crippen LogP contribution is 2.40. The SMILES string of the molecule is CC1=C(N2CCOCC2)Oc2c(cc(C)cc2C(C)Nc2ccc(Cl)nc2-c2ccc3c(c2)COB3O)C1. The van der Waals surface area contributed by atoms with Gasteiger partial charge in [0.25, 0.3) is 0 Å². The molecule has 2 aromatic carbocycles. The summed E-state index contributed by atoms with van der Waals surface area (Å²) >= 11 is 6.34. The van der Waals surface area contributed by atoms with Crippen LogP contribution in [0.1, 0.15) is 42.1 Å². The van der Waals surface area contributed by atoms with Gasteiger partial charge in [0.15, 0.2) is 5.88 Å². The monoisotopic (exact) mass is 531 g/mol. The van der Waals surface area contributed by atoms with Crippen LogP contribution >= 0.6 is 11.6 Å². The number of morpholine rings is 1. The fourth-order valence-electron chi connectivity index (χ4n) is 5.56. The summed E-state index contributed by atoms with van der Waals surface area (Å²) in [5.41, 5.74) is 9.02. The maximum atomic E-state index is 10.0. The fraction of sp³-hybridized carbons (Fsp3) is 0.345. The Morgan fingerprint density at radius 3 is 2.71 bits per heavy atom. The number of benzene rings is 2. The zero-order chi connectivity index (χ0) is 26.4. The fourth-order valence-corrected chi connectivity index (χ4v) is 5.71. The van der Waals surface area contributed by atoms with E-state index in [1.165, 1.54) is 16.7 Å². The zero-order valence-corrected chi connectivity index (χ0v) is 22.6. The Kier molecular flexibility index (Phi) is 6.82. The molecule has 4 heterocycles. The zero-order valence-electron chi connectivity index (χ0n) is 21.9. The molecule has 1 saturated heterocycles. The predicted octanol–water partition coefficient (Wildman–Crippen LogP) is 4.60. The van der Waals surface area contributed by atoms with Crippen LogP contribution in [0.15, 0.2) is 53.9 Å². The van der Waals surface area contributed by atoms with Gasteiger partial charge in [0.05, 0.1) is 37.2 Å². The van der Waals surface area contributed by atoms with E-state index in [0.29, 0.717) is 25.0 Å². The van der Waals surface area contributed by atoms with Gasteiger partial charge in [0, 0.05) is 30.6 Å². The molecular weight excluding hydrogens is 501 g/mol. The second-order valence-electron chi connectivity index (χ2n) is 10.3. The van der Waals surface area contributed by atoms with E-state index < -0.39 is 7.12 Å². The van der Waals surface area contributed by atoms with E-state index in [0.717, 1.165) is 64.7 Å². The second-order valence-corrected chi connectivity index (χ2v) is 10.7. The molecule has 196 valence electrons. The van der Waals surface area contributed by atoms with Gasteiger partial charge in [-0.05, 0) is 61.1 Å². The number of rotatable bonds is 5. The van der Waals surface area contributed by atoms with Crippen LogP contribution in [0.2, 0.25) is 5.15 Å². The van der Waals surface area contributed by atoms with Crippen LogP contribution in [0.4, 0.5) is 5.69 Å². The molecule has 1 unspecified atom stereocenters. The van der Waals surface area contributed by atoms with E-state index in [9.17, 15) is 5.02 Å². The van der Waals surface area contributed by atoms with Crippen molar-refractivity contribution in [2.75, 3.05) is 31.6 Å². The lowest BCUT2D eigenvalue weighted by molar-refractivity contribution is 0.0327. The van der Waals surface area contributed by atoms with Crippen LogP contribution < -0.4 is 15.5 Å². The normalized spacial score (nSPS) is 17.7. The molecule has 9 heteroatoms. The quantitative estimate of drug-likeness (QED) is 0.368. The molecule has 6 rings (SSSR count). The molecule has 0 saturated carbocycles. The van der Waals surface area contributed by atoms with Crippen molar-refractivity contribution in [3.05, 3.63) is 81.3 Å². The highest BCUT2D eigenvalue weighted by Gasteiger charge is 2.29. The number of hydrogen-bond donors (Lipinski definition) is 2. The van der Waals surface area contributed by atoms with Gasteiger partial charge in [-0.25, -0.2) is 4.98 Å². The number of aromatic nitrogens is 1. The number of fused-ring (bicyclic) bond motifs is 2. The summed E-state index contributed by atoms with van der Waals surface area (Å²) in [6.07, 6.45) is 0.861. The van der Waals surface area contributed by atoms with Crippen LogP contribution in [0, 0.1) is 6.92 Å². The summed E-state index contributed by atoms with van der Waals surface area (Å²) < 4.78 is 17.6. The number of nitrogens with zero attached hydrogens (tertiary/aromatic N) is 2. The van der Waals surface area contributed by atoms with E-state index in [2.05, 4.69) is 48.1 Å². The van der Waals surface area contributed by atoms with E-state index in [-0.39, 0.29) is 6.04 Å². The summed E-state index contributed by atoms with van der Waals surface area (Å²) in [6.45, 7) is 9.89. The minimum absolute atomic E-state index is 0.0608. The van der Waals surface area contributed by atoms with Crippen molar-refractivity contribution >= 4 is 29.9 Å². The van der Waals surface area contributed by atoms with Gasteiger partial charge in [0.1, 0.15) is 10.9 Å². The van der Waals surface area contributed by atoms with Gasteiger partial charge in [0.2, 0.25) is 0 Å². The van der Waals surface area contributed by atoms with Crippen LogP contribution in [-0.4, -0.2) is 48.3 Å². The summed E-state index contributed by atoms with van der Waals surface area (Å²) in [7, 11) is -0.878. The molecular formula is C29H31BClN3O4. The van der Waals surface area contributed by atoms with Crippen LogP contribution in [0.25, 0.3) is 11.3 Å². The van der Waals surface area contributed by atoms with Crippen LogP contribution in [0.5, 0.6) is 5.75 Å². The molecule has 1 aromatic heterocycles. The highest BCUT2D eigenvalue weighted by molar-refractivity contribution is 6.61. The average molecular weight is 532 g/mol. The third-order valence-electron chi connectivity index (χ3n) is 7.44. The van der Waals surface area contributed by atoms with Crippen molar-refractivity contribution in [2.24, 2.45) is 0 Å². The largest absolute Gasteiger partial charge is 0.491 e. The summed E-state index contributed by atoms with van der Waals surface area (Å²) in [6, 6.07) is 14.0. The smallest absolute Gasteiger partial charge is 0.441 e. The highest BCUT2D eigenvalue weighted by atomic mass is 35.5. The number of hydrogen-bond acceptors (Lipinski definition) is 7. The van der Waals surface area contributed by atoms with Gasteiger partial charge in [-0.15, -0.1) is 0 Å². The molecule has 1 atom stereocenters. The Morgan fingerprint density at radius 1 is 1.08 bits per heavy atom. The van der Waals surface area contributed by atoms with Gasteiger partial charge in [-0.1, -0.05) is 41.4 Å². The number of halogens is 1. The molecule has 1 fully saturated rings. The summed E-state index contributed by atoms with van der Waals surface area (Å²) in [5, 5.41) is 14.1. The molecule has 0 amide bonds. The van der Waals surface area contributed by atoms with Crippen LogP contribution in [-0.2, 0) is 22.4 Å². The number of ether oxygens (including phenoxy) is 2. The first kappa shape index (κ1) is 25.3. The van der Waals surface area contributed by atoms with E-state index >= 15 is 0 Å². The molecule has 0 aliphatic carbocycles. The number of anilines is 1.